The summed E-state index contributed by atoms with van der Waals surface area (Å²) in [5.74, 6) is 0. The first-order valence-corrected chi connectivity index (χ1v) is 8.10. The molecule has 132 valence electrons. The van der Waals surface area contributed by atoms with Gasteiger partial charge in [-0.05, 0) is 35.7 Å². The molecule has 2 aromatic rings. The Morgan fingerprint density at radius 2 is 2.04 bits per heavy atom. The van der Waals surface area contributed by atoms with Gasteiger partial charge in [0, 0.05) is 11.6 Å². The number of ether oxygens (including phenoxy) is 1. The SMILES string of the molecule is C=C(NOCc1cccc(C)c1)c1ccc(Cl)c(CNC(=O)OC)c1. The van der Waals surface area contributed by atoms with Crippen LogP contribution in [0.25, 0.3) is 5.70 Å². The second-order valence-corrected chi connectivity index (χ2v) is 5.92. The maximum absolute atomic E-state index is 11.2. The van der Waals surface area contributed by atoms with Crippen molar-refractivity contribution in [3.8, 4) is 0 Å². The molecule has 6 heteroatoms. The molecule has 0 spiro atoms. The van der Waals surface area contributed by atoms with Gasteiger partial charge in [-0.15, -0.1) is 0 Å². The fraction of sp³-hybridized carbons (Fsp3) is 0.211. The molecule has 0 bridgehead atoms. The van der Waals surface area contributed by atoms with E-state index in [1.165, 1.54) is 12.7 Å². The third-order valence-electron chi connectivity index (χ3n) is 3.52. The zero-order chi connectivity index (χ0) is 18.2. The fourth-order valence-corrected chi connectivity index (χ4v) is 2.39. The van der Waals surface area contributed by atoms with Gasteiger partial charge in [-0.3, -0.25) is 10.3 Å². The molecule has 0 radical (unpaired) electrons. The number of hydroxylamine groups is 1. The number of alkyl carbamates (subject to hydrolysis) is 1. The number of rotatable bonds is 7. The van der Waals surface area contributed by atoms with Crippen molar-refractivity contribution in [2.24, 2.45) is 0 Å². The molecule has 0 unspecified atom stereocenters. The Balaban J connectivity index is 1.93. The summed E-state index contributed by atoms with van der Waals surface area (Å²) in [5, 5.41) is 3.15. The maximum atomic E-state index is 11.2. The number of aryl methyl sites for hydroxylation is 1. The van der Waals surface area contributed by atoms with Crippen LogP contribution in [0.15, 0.2) is 49.0 Å². The van der Waals surface area contributed by atoms with Gasteiger partial charge in [0.1, 0.15) is 0 Å². The molecular formula is C19H21ClN2O3. The number of methoxy groups -OCH3 is 1. The summed E-state index contributed by atoms with van der Waals surface area (Å²) >= 11 is 6.15. The third-order valence-corrected chi connectivity index (χ3v) is 3.89. The topological polar surface area (TPSA) is 59.6 Å². The van der Waals surface area contributed by atoms with Gasteiger partial charge in [0.15, 0.2) is 0 Å². The highest BCUT2D eigenvalue weighted by Crippen LogP contribution is 2.21. The lowest BCUT2D eigenvalue weighted by molar-refractivity contribution is 0.0648. The van der Waals surface area contributed by atoms with Gasteiger partial charge in [0.25, 0.3) is 0 Å². The number of nitrogens with one attached hydrogen (secondary N) is 2. The number of benzene rings is 2. The molecule has 0 atom stereocenters. The molecule has 0 fully saturated rings. The van der Waals surface area contributed by atoms with Crippen LogP contribution < -0.4 is 10.8 Å². The number of carbonyl (C=O) groups excluding carboxylic acids is 1. The highest BCUT2D eigenvalue weighted by Gasteiger charge is 2.07. The molecule has 0 aliphatic heterocycles. The third kappa shape index (κ3) is 5.81. The molecule has 0 saturated carbocycles. The number of hydrogen-bond acceptors (Lipinski definition) is 4. The second-order valence-electron chi connectivity index (χ2n) is 5.51. The lowest BCUT2D eigenvalue weighted by atomic mass is 10.1. The molecule has 1 amide bonds. The average Bonchev–Trinajstić information content (AvgIpc) is 2.60. The van der Waals surface area contributed by atoms with E-state index in [1.54, 1.807) is 6.07 Å². The zero-order valence-corrected chi connectivity index (χ0v) is 15.0. The minimum atomic E-state index is -0.514. The fourth-order valence-electron chi connectivity index (χ4n) is 2.20. The lowest BCUT2D eigenvalue weighted by Gasteiger charge is -2.13. The molecule has 25 heavy (non-hydrogen) atoms. The molecule has 0 saturated heterocycles. The minimum absolute atomic E-state index is 0.261. The summed E-state index contributed by atoms with van der Waals surface area (Å²) in [7, 11) is 1.31. The Bertz CT molecular complexity index is 762. The van der Waals surface area contributed by atoms with Crippen LogP contribution in [0.1, 0.15) is 22.3 Å². The van der Waals surface area contributed by atoms with E-state index in [4.69, 9.17) is 16.4 Å². The predicted octanol–water partition coefficient (Wildman–Crippen LogP) is 4.20. The highest BCUT2D eigenvalue weighted by molar-refractivity contribution is 6.31. The number of hydrogen-bond donors (Lipinski definition) is 2. The number of carbonyl (C=O) groups is 1. The van der Waals surface area contributed by atoms with Crippen molar-refractivity contribution in [1.29, 1.82) is 0 Å². The van der Waals surface area contributed by atoms with Crippen molar-refractivity contribution in [3.05, 3.63) is 76.3 Å². The van der Waals surface area contributed by atoms with Gasteiger partial charge in [-0.1, -0.05) is 54.1 Å². The zero-order valence-electron chi connectivity index (χ0n) is 14.3. The number of amides is 1. The highest BCUT2D eigenvalue weighted by atomic mass is 35.5. The molecule has 2 aromatic carbocycles. The van der Waals surface area contributed by atoms with Gasteiger partial charge in [-0.2, -0.15) is 0 Å². The van der Waals surface area contributed by atoms with Crippen molar-refractivity contribution in [2.45, 2.75) is 20.1 Å². The van der Waals surface area contributed by atoms with Gasteiger partial charge < -0.3 is 10.1 Å². The van der Waals surface area contributed by atoms with Crippen LogP contribution in [0.4, 0.5) is 4.79 Å². The summed E-state index contributed by atoms with van der Waals surface area (Å²) in [6.45, 7) is 6.68. The van der Waals surface area contributed by atoms with Gasteiger partial charge in [0.05, 0.1) is 19.4 Å². The van der Waals surface area contributed by atoms with Crippen LogP contribution in [-0.2, 0) is 22.7 Å². The number of halogens is 1. The van der Waals surface area contributed by atoms with E-state index in [1.807, 2.05) is 37.3 Å². The Morgan fingerprint density at radius 3 is 2.76 bits per heavy atom. The van der Waals surface area contributed by atoms with Crippen molar-refractivity contribution >= 4 is 23.4 Å². The Labute approximate surface area is 152 Å². The van der Waals surface area contributed by atoms with Crippen LogP contribution in [0.2, 0.25) is 5.02 Å². The van der Waals surface area contributed by atoms with E-state index >= 15 is 0 Å². The first kappa shape index (κ1) is 18.8. The molecular weight excluding hydrogens is 340 g/mol. The molecule has 2 rings (SSSR count). The van der Waals surface area contributed by atoms with Crippen molar-refractivity contribution < 1.29 is 14.4 Å². The Hall–Kier alpha value is -2.50. The van der Waals surface area contributed by atoms with E-state index < -0.39 is 6.09 Å². The quantitative estimate of drug-likeness (QED) is 0.726. The second kappa shape index (κ2) is 9.11. The normalized spacial score (nSPS) is 10.2. The van der Waals surface area contributed by atoms with Crippen LogP contribution in [0, 0.1) is 6.92 Å². The summed E-state index contributed by atoms with van der Waals surface area (Å²) in [6.07, 6.45) is -0.514. The first-order chi connectivity index (χ1) is 12.0. The molecule has 5 nitrogen and oxygen atoms in total. The van der Waals surface area contributed by atoms with Gasteiger partial charge in [0.2, 0.25) is 0 Å². The standard InChI is InChI=1S/C19H21ClN2O3/c1-13-5-4-6-15(9-13)12-25-22-14(2)16-7-8-18(20)17(10-16)11-21-19(23)24-3/h4-10,22H,2,11-12H2,1,3H3,(H,21,23). The van der Waals surface area contributed by atoms with Crippen molar-refractivity contribution in [1.82, 2.24) is 10.8 Å². The van der Waals surface area contributed by atoms with E-state index in [9.17, 15) is 4.79 Å². The summed E-state index contributed by atoms with van der Waals surface area (Å²) < 4.78 is 4.55. The van der Waals surface area contributed by atoms with Crippen LogP contribution in [-0.4, -0.2) is 13.2 Å². The smallest absolute Gasteiger partial charge is 0.407 e. The van der Waals surface area contributed by atoms with E-state index in [-0.39, 0.29) is 6.54 Å². The monoisotopic (exact) mass is 360 g/mol. The van der Waals surface area contributed by atoms with Crippen LogP contribution >= 0.6 is 11.6 Å². The molecule has 2 N–H and O–H groups in total. The summed E-state index contributed by atoms with van der Waals surface area (Å²) in [4.78, 5) is 16.7. The van der Waals surface area contributed by atoms with Crippen LogP contribution in [0.5, 0.6) is 0 Å². The molecule has 0 aliphatic carbocycles. The van der Waals surface area contributed by atoms with E-state index in [0.29, 0.717) is 17.3 Å². The van der Waals surface area contributed by atoms with E-state index in [0.717, 1.165) is 16.7 Å². The largest absolute Gasteiger partial charge is 0.453 e. The van der Waals surface area contributed by atoms with Crippen molar-refractivity contribution in [2.75, 3.05) is 7.11 Å². The Morgan fingerprint density at radius 1 is 1.24 bits per heavy atom. The predicted molar refractivity (Wildman–Crippen MR) is 98.8 cm³/mol. The minimum Gasteiger partial charge on any atom is -0.453 e. The summed E-state index contributed by atoms with van der Waals surface area (Å²) in [6, 6.07) is 13.5. The molecule has 0 aromatic heterocycles. The van der Waals surface area contributed by atoms with Gasteiger partial charge in [-0.25, -0.2) is 4.79 Å². The van der Waals surface area contributed by atoms with Crippen molar-refractivity contribution in [3.63, 3.8) is 0 Å². The Kier molecular flexibility index (Phi) is 6.86. The lowest BCUT2D eigenvalue weighted by Crippen LogP contribution is -2.22. The average molecular weight is 361 g/mol. The summed E-state index contributed by atoms with van der Waals surface area (Å²) in [5.41, 5.74) is 7.26. The molecule has 0 heterocycles. The molecule has 0 aliphatic rings. The van der Waals surface area contributed by atoms with E-state index in [2.05, 4.69) is 28.2 Å². The van der Waals surface area contributed by atoms with Crippen LogP contribution in [0.3, 0.4) is 0 Å². The first-order valence-electron chi connectivity index (χ1n) is 7.72. The van der Waals surface area contributed by atoms with Gasteiger partial charge >= 0.3 is 6.09 Å². The maximum Gasteiger partial charge on any atom is 0.407 e.